The van der Waals surface area contributed by atoms with Gasteiger partial charge in [0, 0.05) is 24.2 Å². The van der Waals surface area contributed by atoms with E-state index in [0.717, 1.165) is 12.8 Å². The van der Waals surface area contributed by atoms with Crippen LogP contribution in [0.25, 0.3) is 0 Å². The fourth-order valence-electron chi connectivity index (χ4n) is 4.30. The minimum atomic E-state index is 0.183. The minimum absolute atomic E-state index is 0.183. The quantitative estimate of drug-likeness (QED) is 0.845. The van der Waals surface area contributed by atoms with Gasteiger partial charge in [-0.25, -0.2) is 0 Å². The average molecular weight is 294 g/mol. The Bertz CT molecular complexity index is 364. The summed E-state index contributed by atoms with van der Waals surface area (Å²) in [5, 5.41) is 9.60. The number of hydrogen-bond acceptors (Lipinski definition) is 3. The van der Waals surface area contributed by atoms with Crippen molar-refractivity contribution in [3.63, 3.8) is 0 Å². The number of aliphatic hydroxyl groups excluding tert-OH is 1. The summed E-state index contributed by atoms with van der Waals surface area (Å²) in [6.45, 7) is 2.90. The number of aliphatic hydroxyl groups is 1. The smallest absolute Gasteiger partial charge is 0.237 e. The van der Waals surface area contributed by atoms with E-state index < -0.39 is 0 Å². The SMILES string of the molecule is CC1CCCC(CO)N1CC(=O)N(C1CCCC1)C1CC1. The van der Waals surface area contributed by atoms with E-state index in [4.69, 9.17) is 0 Å². The lowest BCUT2D eigenvalue weighted by molar-refractivity contribution is -0.137. The number of hydrogen-bond donors (Lipinski definition) is 1. The van der Waals surface area contributed by atoms with Gasteiger partial charge < -0.3 is 10.0 Å². The maximum absolute atomic E-state index is 12.9. The molecular weight excluding hydrogens is 264 g/mol. The predicted molar refractivity (Wildman–Crippen MR) is 83.0 cm³/mol. The first-order valence-corrected chi connectivity index (χ1v) is 8.88. The van der Waals surface area contributed by atoms with E-state index >= 15 is 0 Å². The Morgan fingerprint density at radius 2 is 1.71 bits per heavy atom. The molecule has 21 heavy (non-hydrogen) atoms. The molecule has 0 spiro atoms. The minimum Gasteiger partial charge on any atom is -0.395 e. The molecular formula is C17H30N2O2. The van der Waals surface area contributed by atoms with Crippen molar-refractivity contribution < 1.29 is 9.90 Å². The van der Waals surface area contributed by atoms with Crippen molar-refractivity contribution in [2.45, 2.75) is 88.9 Å². The monoisotopic (exact) mass is 294 g/mol. The first-order chi connectivity index (χ1) is 10.2. The van der Waals surface area contributed by atoms with E-state index in [-0.39, 0.29) is 12.6 Å². The van der Waals surface area contributed by atoms with E-state index in [9.17, 15) is 9.90 Å². The molecule has 0 aromatic rings. The molecule has 3 rings (SSSR count). The Balaban J connectivity index is 1.65. The van der Waals surface area contributed by atoms with Gasteiger partial charge in [0.1, 0.15) is 0 Å². The van der Waals surface area contributed by atoms with Crippen LogP contribution >= 0.6 is 0 Å². The summed E-state index contributed by atoms with van der Waals surface area (Å²) in [6.07, 6.45) is 10.7. The number of amides is 1. The largest absolute Gasteiger partial charge is 0.395 e. The van der Waals surface area contributed by atoms with Crippen molar-refractivity contribution >= 4 is 5.91 Å². The summed E-state index contributed by atoms with van der Waals surface area (Å²) in [7, 11) is 0. The van der Waals surface area contributed by atoms with Crippen LogP contribution in [0.1, 0.15) is 64.7 Å². The highest BCUT2D eigenvalue weighted by molar-refractivity contribution is 5.79. The van der Waals surface area contributed by atoms with Gasteiger partial charge in [-0.3, -0.25) is 9.69 Å². The molecule has 0 radical (unpaired) electrons. The summed E-state index contributed by atoms with van der Waals surface area (Å²) >= 11 is 0. The highest BCUT2D eigenvalue weighted by atomic mass is 16.3. The van der Waals surface area contributed by atoms with Crippen LogP contribution in [0.5, 0.6) is 0 Å². The van der Waals surface area contributed by atoms with Crippen molar-refractivity contribution in [1.29, 1.82) is 0 Å². The van der Waals surface area contributed by atoms with Gasteiger partial charge in [0.2, 0.25) is 5.91 Å². The molecule has 1 N–H and O–H groups in total. The molecule has 1 aliphatic heterocycles. The summed E-state index contributed by atoms with van der Waals surface area (Å²) in [5.41, 5.74) is 0. The Labute approximate surface area is 128 Å². The first kappa shape index (κ1) is 15.3. The highest BCUT2D eigenvalue weighted by Gasteiger charge is 2.40. The number of carbonyl (C=O) groups excluding carboxylic acids is 1. The Morgan fingerprint density at radius 3 is 2.33 bits per heavy atom. The van der Waals surface area contributed by atoms with E-state index in [1.54, 1.807) is 0 Å². The zero-order chi connectivity index (χ0) is 14.8. The summed E-state index contributed by atoms with van der Waals surface area (Å²) in [6, 6.07) is 1.62. The second-order valence-corrected chi connectivity index (χ2v) is 7.26. The van der Waals surface area contributed by atoms with Gasteiger partial charge in [0.15, 0.2) is 0 Å². The summed E-state index contributed by atoms with van der Waals surface area (Å²) in [5.74, 6) is 0.316. The zero-order valence-corrected chi connectivity index (χ0v) is 13.3. The number of carbonyl (C=O) groups is 1. The second-order valence-electron chi connectivity index (χ2n) is 7.26. The highest BCUT2D eigenvalue weighted by Crippen LogP contribution is 2.35. The molecule has 3 fully saturated rings. The summed E-state index contributed by atoms with van der Waals surface area (Å²) < 4.78 is 0. The van der Waals surface area contributed by atoms with E-state index in [2.05, 4.69) is 16.7 Å². The van der Waals surface area contributed by atoms with Crippen LogP contribution in [0.2, 0.25) is 0 Å². The van der Waals surface area contributed by atoms with Crippen LogP contribution in [-0.4, -0.2) is 58.1 Å². The van der Waals surface area contributed by atoms with Gasteiger partial charge in [-0.05, 0) is 45.4 Å². The molecule has 2 unspecified atom stereocenters. The van der Waals surface area contributed by atoms with Gasteiger partial charge in [0.05, 0.1) is 13.2 Å². The van der Waals surface area contributed by atoms with E-state index in [0.29, 0.717) is 30.6 Å². The lowest BCUT2D eigenvalue weighted by Gasteiger charge is -2.41. The zero-order valence-electron chi connectivity index (χ0n) is 13.3. The molecule has 1 heterocycles. The molecule has 3 aliphatic rings. The number of likely N-dealkylation sites (tertiary alicyclic amines) is 1. The third-order valence-corrected chi connectivity index (χ3v) is 5.67. The Hall–Kier alpha value is -0.610. The molecule has 0 aromatic carbocycles. The molecule has 4 nitrogen and oxygen atoms in total. The normalized spacial score (nSPS) is 31.5. The van der Waals surface area contributed by atoms with Crippen LogP contribution in [0.3, 0.4) is 0 Å². The van der Waals surface area contributed by atoms with Crippen molar-refractivity contribution in [3.05, 3.63) is 0 Å². The van der Waals surface area contributed by atoms with Crippen molar-refractivity contribution in [2.75, 3.05) is 13.2 Å². The molecule has 120 valence electrons. The third kappa shape index (κ3) is 3.42. The molecule has 1 amide bonds. The van der Waals surface area contributed by atoms with Crippen LogP contribution in [0.4, 0.5) is 0 Å². The Morgan fingerprint density at radius 1 is 1.05 bits per heavy atom. The average Bonchev–Trinajstić information content (AvgIpc) is 3.15. The molecule has 4 heteroatoms. The van der Waals surface area contributed by atoms with Crippen molar-refractivity contribution in [1.82, 2.24) is 9.80 Å². The summed E-state index contributed by atoms with van der Waals surface area (Å²) in [4.78, 5) is 17.4. The van der Waals surface area contributed by atoms with Crippen LogP contribution < -0.4 is 0 Å². The fraction of sp³-hybridized carbons (Fsp3) is 0.941. The molecule has 1 saturated heterocycles. The molecule has 2 atom stereocenters. The van der Waals surface area contributed by atoms with Gasteiger partial charge in [-0.15, -0.1) is 0 Å². The van der Waals surface area contributed by atoms with E-state index in [1.807, 2.05) is 0 Å². The lowest BCUT2D eigenvalue weighted by Crippen LogP contribution is -2.53. The van der Waals surface area contributed by atoms with Gasteiger partial charge in [-0.1, -0.05) is 19.3 Å². The van der Waals surface area contributed by atoms with Crippen molar-refractivity contribution in [2.24, 2.45) is 0 Å². The maximum Gasteiger partial charge on any atom is 0.237 e. The van der Waals surface area contributed by atoms with E-state index in [1.165, 1.54) is 44.9 Å². The Kier molecular flexibility index (Phi) is 4.85. The van der Waals surface area contributed by atoms with Crippen LogP contribution in [0, 0.1) is 0 Å². The number of nitrogens with zero attached hydrogens (tertiary/aromatic N) is 2. The second kappa shape index (κ2) is 6.66. The van der Waals surface area contributed by atoms with Gasteiger partial charge in [-0.2, -0.15) is 0 Å². The molecule has 0 aromatic heterocycles. The maximum atomic E-state index is 12.9. The van der Waals surface area contributed by atoms with Crippen molar-refractivity contribution in [3.8, 4) is 0 Å². The fourth-order valence-corrected chi connectivity index (χ4v) is 4.30. The molecule has 0 bridgehead atoms. The molecule has 2 aliphatic carbocycles. The van der Waals surface area contributed by atoms with Gasteiger partial charge in [0.25, 0.3) is 0 Å². The van der Waals surface area contributed by atoms with Gasteiger partial charge >= 0.3 is 0 Å². The lowest BCUT2D eigenvalue weighted by atomic mass is 9.97. The number of rotatable bonds is 5. The predicted octanol–water partition coefficient (Wildman–Crippen LogP) is 2.16. The number of piperidine rings is 1. The third-order valence-electron chi connectivity index (χ3n) is 5.67. The van der Waals surface area contributed by atoms with Crippen LogP contribution in [-0.2, 0) is 4.79 Å². The topological polar surface area (TPSA) is 43.8 Å². The molecule has 2 saturated carbocycles. The van der Waals surface area contributed by atoms with Crippen LogP contribution in [0.15, 0.2) is 0 Å². The first-order valence-electron chi connectivity index (χ1n) is 8.88. The standard InChI is InChI=1S/C17H30N2O2/c1-13-5-4-8-16(12-20)18(13)11-17(21)19(15-9-10-15)14-6-2-3-7-14/h13-16,20H,2-12H2,1H3.